The molecule has 25 heavy (non-hydrogen) atoms. The molecular formula is C20H20ClN3O. The number of rotatable bonds is 6. The number of carbonyl (C=O) groups excluding carboxylic acids is 1. The predicted octanol–water partition coefficient (Wildman–Crippen LogP) is 4.60. The van der Waals surface area contributed by atoms with Crippen LogP contribution in [0.4, 0.5) is 5.69 Å². The van der Waals surface area contributed by atoms with Crippen molar-refractivity contribution in [3.05, 3.63) is 77.0 Å². The molecule has 0 aliphatic carbocycles. The molecule has 4 nitrogen and oxygen atoms in total. The first-order valence-electron chi connectivity index (χ1n) is 7.98. The molecule has 1 amide bonds. The summed E-state index contributed by atoms with van der Waals surface area (Å²) in [6.45, 7) is 4.65. The van der Waals surface area contributed by atoms with E-state index in [4.69, 9.17) is 11.6 Å². The summed E-state index contributed by atoms with van der Waals surface area (Å²) in [6.07, 6.45) is 1.61. The van der Waals surface area contributed by atoms with E-state index in [1.54, 1.807) is 30.5 Å². The van der Waals surface area contributed by atoms with Gasteiger partial charge in [0.1, 0.15) is 11.6 Å². The molecule has 0 bridgehead atoms. The van der Waals surface area contributed by atoms with Crippen LogP contribution in [-0.2, 0) is 11.3 Å². The Balaban J connectivity index is 2.17. The zero-order valence-electron chi connectivity index (χ0n) is 14.2. The second-order valence-corrected chi connectivity index (χ2v) is 6.31. The third kappa shape index (κ3) is 5.66. The number of nitrogens with zero attached hydrogens (tertiary/aromatic N) is 2. The molecule has 0 fully saturated rings. The smallest absolute Gasteiger partial charge is 0.267 e. The Labute approximate surface area is 153 Å². The highest BCUT2D eigenvalue weighted by molar-refractivity contribution is 6.31. The van der Waals surface area contributed by atoms with Crippen LogP contribution in [0.1, 0.15) is 19.4 Å². The summed E-state index contributed by atoms with van der Waals surface area (Å²) in [6, 6.07) is 18.9. The number of nitriles is 1. The van der Waals surface area contributed by atoms with Crippen LogP contribution < -0.4 is 5.32 Å². The highest BCUT2D eigenvalue weighted by Gasteiger charge is 2.14. The van der Waals surface area contributed by atoms with E-state index < -0.39 is 5.91 Å². The van der Waals surface area contributed by atoms with Gasteiger partial charge in [-0.2, -0.15) is 5.26 Å². The topological polar surface area (TPSA) is 56.1 Å². The van der Waals surface area contributed by atoms with Gasteiger partial charge in [-0.3, -0.25) is 4.79 Å². The van der Waals surface area contributed by atoms with Crippen LogP contribution in [0.25, 0.3) is 0 Å². The molecule has 0 aliphatic heterocycles. The van der Waals surface area contributed by atoms with Gasteiger partial charge in [0.05, 0.1) is 0 Å². The third-order valence-corrected chi connectivity index (χ3v) is 3.85. The van der Waals surface area contributed by atoms with Crippen LogP contribution in [0.5, 0.6) is 0 Å². The minimum atomic E-state index is -0.455. The molecule has 0 aromatic heterocycles. The van der Waals surface area contributed by atoms with Crippen LogP contribution >= 0.6 is 11.6 Å². The van der Waals surface area contributed by atoms with E-state index in [1.807, 2.05) is 55.1 Å². The summed E-state index contributed by atoms with van der Waals surface area (Å²) in [5, 5.41) is 12.6. The molecule has 0 spiro atoms. The number of benzene rings is 2. The van der Waals surface area contributed by atoms with E-state index in [0.29, 0.717) is 17.3 Å². The molecule has 0 saturated carbocycles. The summed E-state index contributed by atoms with van der Waals surface area (Å²) in [4.78, 5) is 14.4. The van der Waals surface area contributed by atoms with Crippen molar-refractivity contribution in [1.29, 1.82) is 5.26 Å². The van der Waals surface area contributed by atoms with Gasteiger partial charge in [0.25, 0.3) is 5.91 Å². The monoisotopic (exact) mass is 353 g/mol. The lowest BCUT2D eigenvalue weighted by atomic mass is 10.2. The SMILES string of the molecule is CC(C)N(/C=C(/C#N)C(=O)Nc1cccc(Cl)c1)Cc1ccccc1. The van der Waals surface area contributed by atoms with Gasteiger partial charge >= 0.3 is 0 Å². The number of hydrogen-bond donors (Lipinski definition) is 1. The van der Waals surface area contributed by atoms with Gasteiger partial charge in [0.15, 0.2) is 0 Å². The first-order valence-corrected chi connectivity index (χ1v) is 8.36. The highest BCUT2D eigenvalue weighted by atomic mass is 35.5. The zero-order chi connectivity index (χ0) is 18.2. The van der Waals surface area contributed by atoms with Crippen molar-refractivity contribution in [2.45, 2.75) is 26.4 Å². The first kappa shape index (κ1) is 18.6. The largest absolute Gasteiger partial charge is 0.369 e. The van der Waals surface area contributed by atoms with Crippen LogP contribution in [0, 0.1) is 11.3 Å². The number of hydrogen-bond acceptors (Lipinski definition) is 3. The quantitative estimate of drug-likeness (QED) is 0.610. The molecule has 0 unspecified atom stereocenters. The van der Waals surface area contributed by atoms with Gasteiger partial charge in [-0.05, 0) is 37.6 Å². The number of carbonyl (C=O) groups is 1. The van der Waals surface area contributed by atoms with Crippen molar-refractivity contribution in [3.63, 3.8) is 0 Å². The Kier molecular flexibility index (Phi) is 6.62. The average Bonchev–Trinajstić information content (AvgIpc) is 2.59. The lowest BCUT2D eigenvalue weighted by Gasteiger charge is -2.25. The Hall–Kier alpha value is -2.77. The third-order valence-electron chi connectivity index (χ3n) is 3.61. The maximum Gasteiger partial charge on any atom is 0.267 e. The summed E-state index contributed by atoms with van der Waals surface area (Å²) in [7, 11) is 0. The second kappa shape index (κ2) is 8.91. The Morgan fingerprint density at radius 3 is 2.56 bits per heavy atom. The average molecular weight is 354 g/mol. The Bertz CT molecular complexity index is 794. The molecular weight excluding hydrogens is 334 g/mol. The van der Waals surface area contributed by atoms with Crippen LogP contribution in [-0.4, -0.2) is 16.8 Å². The molecule has 0 radical (unpaired) electrons. The minimum absolute atomic E-state index is 0.0459. The molecule has 0 aliphatic rings. The van der Waals surface area contributed by atoms with E-state index >= 15 is 0 Å². The normalized spacial score (nSPS) is 11.1. The molecule has 2 aromatic rings. The van der Waals surface area contributed by atoms with Gasteiger partial charge in [-0.15, -0.1) is 0 Å². The summed E-state index contributed by atoms with van der Waals surface area (Å²) in [5.41, 5.74) is 1.71. The van der Waals surface area contributed by atoms with E-state index in [1.165, 1.54) is 0 Å². The van der Waals surface area contributed by atoms with Crippen molar-refractivity contribution in [3.8, 4) is 6.07 Å². The first-order chi connectivity index (χ1) is 12.0. The van der Waals surface area contributed by atoms with E-state index in [0.717, 1.165) is 5.56 Å². The molecule has 2 aromatic carbocycles. The fourth-order valence-corrected chi connectivity index (χ4v) is 2.43. The maximum atomic E-state index is 12.4. The highest BCUT2D eigenvalue weighted by Crippen LogP contribution is 2.16. The number of anilines is 1. The summed E-state index contributed by atoms with van der Waals surface area (Å²) < 4.78 is 0. The van der Waals surface area contributed by atoms with Gasteiger partial charge in [0, 0.05) is 29.5 Å². The molecule has 0 saturated heterocycles. The van der Waals surface area contributed by atoms with Crippen molar-refractivity contribution >= 4 is 23.2 Å². The lowest BCUT2D eigenvalue weighted by Crippen LogP contribution is -2.27. The predicted molar refractivity (Wildman–Crippen MR) is 101 cm³/mol. The maximum absolute atomic E-state index is 12.4. The van der Waals surface area contributed by atoms with E-state index in [9.17, 15) is 10.1 Å². The van der Waals surface area contributed by atoms with Gasteiger partial charge < -0.3 is 10.2 Å². The molecule has 0 atom stereocenters. The van der Waals surface area contributed by atoms with Crippen molar-refractivity contribution in [2.24, 2.45) is 0 Å². The molecule has 128 valence electrons. The molecule has 5 heteroatoms. The van der Waals surface area contributed by atoms with Gasteiger partial charge in [0.2, 0.25) is 0 Å². The van der Waals surface area contributed by atoms with Gasteiger partial charge in [-0.1, -0.05) is 48.0 Å². The van der Waals surface area contributed by atoms with E-state index in [-0.39, 0.29) is 11.6 Å². The Morgan fingerprint density at radius 1 is 1.24 bits per heavy atom. The molecule has 2 rings (SSSR count). The molecule has 1 N–H and O–H groups in total. The Morgan fingerprint density at radius 2 is 1.96 bits per heavy atom. The zero-order valence-corrected chi connectivity index (χ0v) is 15.0. The number of halogens is 1. The summed E-state index contributed by atoms with van der Waals surface area (Å²) >= 11 is 5.92. The number of nitrogens with one attached hydrogen (secondary N) is 1. The van der Waals surface area contributed by atoms with E-state index in [2.05, 4.69) is 5.32 Å². The van der Waals surface area contributed by atoms with Crippen molar-refractivity contribution < 1.29 is 4.79 Å². The molecule has 0 heterocycles. The van der Waals surface area contributed by atoms with Crippen molar-refractivity contribution in [1.82, 2.24) is 4.90 Å². The van der Waals surface area contributed by atoms with Crippen LogP contribution in [0.3, 0.4) is 0 Å². The fourth-order valence-electron chi connectivity index (χ4n) is 2.24. The lowest BCUT2D eigenvalue weighted by molar-refractivity contribution is -0.112. The standard InChI is InChI=1S/C20H20ClN3O/c1-15(2)24(13-16-7-4-3-5-8-16)14-17(12-22)20(25)23-19-10-6-9-18(21)11-19/h3-11,14-15H,13H2,1-2H3,(H,23,25)/b17-14-. The fraction of sp³-hybridized carbons (Fsp3) is 0.200. The number of amides is 1. The summed E-state index contributed by atoms with van der Waals surface area (Å²) in [5.74, 6) is -0.455. The second-order valence-electron chi connectivity index (χ2n) is 5.87. The van der Waals surface area contributed by atoms with Crippen LogP contribution in [0.2, 0.25) is 5.02 Å². The van der Waals surface area contributed by atoms with Gasteiger partial charge in [-0.25, -0.2) is 0 Å². The van der Waals surface area contributed by atoms with Crippen LogP contribution in [0.15, 0.2) is 66.4 Å². The van der Waals surface area contributed by atoms with Crippen molar-refractivity contribution in [2.75, 3.05) is 5.32 Å². The minimum Gasteiger partial charge on any atom is -0.369 e.